The smallest absolute Gasteiger partial charge is 0.165 e. The number of thioether (sulfide) groups is 1. The van der Waals surface area contributed by atoms with Gasteiger partial charge >= 0.3 is 0 Å². The Balaban J connectivity index is 1.89. The molecule has 0 spiro atoms. The highest BCUT2D eigenvalue weighted by atomic mass is 32.2. The van der Waals surface area contributed by atoms with E-state index < -0.39 is 0 Å². The third kappa shape index (κ3) is 2.94. The molecule has 3 heteroatoms. The highest BCUT2D eigenvalue weighted by molar-refractivity contribution is 8.00. The molecule has 0 atom stereocenters. The summed E-state index contributed by atoms with van der Waals surface area (Å²) in [5.41, 5.74) is 2.39. The van der Waals surface area contributed by atoms with Crippen molar-refractivity contribution in [2.24, 2.45) is 5.41 Å². The average Bonchev–Trinajstić information content (AvgIpc) is 2.81. The molecule has 1 aromatic rings. The molecule has 0 unspecified atom stereocenters. The summed E-state index contributed by atoms with van der Waals surface area (Å²) in [5, 5.41) is 0. The average molecular weight is 305 g/mol. The van der Waals surface area contributed by atoms with E-state index in [0.29, 0.717) is 17.0 Å². The van der Waals surface area contributed by atoms with Crippen LogP contribution >= 0.6 is 11.8 Å². The Morgan fingerprint density at radius 3 is 2.57 bits per heavy atom. The van der Waals surface area contributed by atoms with Gasteiger partial charge in [0.15, 0.2) is 5.78 Å². The Kier molecular flexibility index (Phi) is 3.98. The van der Waals surface area contributed by atoms with E-state index in [4.69, 9.17) is 0 Å². The van der Waals surface area contributed by atoms with Crippen LogP contribution in [0.5, 0.6) is 0 Å². The van der Waals surface area contributed by atoms with Crippen molar-refractivity contribution < 1.29 is 4.79 Å². The summed E-state index contributed by atoms with van der Waals surface area (Å²) in [4.78, 5) is 12.3. The molecule has 2 aliphatic carbocycles. The van der Waals surface area contributed by atoms with Gasteiger partial charge in [-0.3, -0.25) is 4.79 Å². The van der Waals surface area contributed by atoms with Crippen molar-refractivity contribution in [2.45, 2.75) is 70.1 Å². The van der Waals surface area contributed by atoms with Crippen LogP contribution in [0.25, 0.3) is 0 Å². The number of ketones is 1. The highest BCUT2D eigenvalue weighted by Gasteiger charge is 2.36. The first-order valence-electron chi connectivity index (χ1n) is 8.21. The van der Waals surface area contributed by atoms with Crippen molar-refractivity contribution in [3.8, 4) is 0 Å². The predicted octanol–water partition coefficient (Wildman–Crippen LogP) is 4.71. The molecular weight excluding hydrogens is 278 g/mol. The molecule has 0 amide bonds. The lowest BCUT2D eigenvalue weighted by atomic mass is 9.76. The summed E-state index contributed by atoms with van der Waals surface area (Å²) >= 11 is 2.04. The maximum absolute atomic E-state index is 12.3. The molecule has 1 saturated carbocycles. The fourth-order valence-electron chi connectivity index (χ4n) is 4.08. The molecule has 3 rings (SSSR count). The van der Waals surface area contributed by atoms with Crippen LogP contribution in [-0.2, 0) is 13.0 Å². The Morgan fingerprint density at radius 1 is 1.19 bits per heavy atom. The highest BCUT2D eigenvalue weighted by Crippen LogP contribution is 2.42. The zero-order chi connectivity index (χ0) is 15.1. The van der Waals surface area contributed by atoms with Crippen LogP contribution in [0.2, 0.25) is 0 Å². The zero-order valence-electron chi connectivity index (χ0n) is 13.6. The topological polar surface area (TPSA) is 22.0 Å². The second-order valence-corrected chi connectivity index (χ2v) is 8.97. The number of Topliss-reactive ketones (excluding diaryl/α,β-unsaturated/α-hetero) is 1. The molecule has 116 valence electrons. The van der Waals surface area contributed by atoms with Crippen molar-refractivity contribution >= 4 is 17.5 Å². The van der Waals surface area contributed by atoms with Crippen LogP contribution in [0, 0.1) is 5.41 Å². The molecular formula is C18H27NOS. The molecule has 21 heavy (non-hydrogen) atoms. The molecule has 0 aromatic carbocycles. The van der Waals surface area contributed by atoms with Crippen LogP contribution in [-0.4, -0.2) is 21.4 Å². The monoisotopic (exact) mass is 305 g/mol. The first-order chi connectivity index (χ1) is 9.95. The Morgan fingerprint density at radius 2 is 1.90 bits per heavy atom. The zero-order valence-corrected chi connectivity index (χ0v) is 14.4. The minimum Gasteiger partial charge on any atom is -0.349 e. The Labute approximate surface area is 132 Å². The molecule has 0 saturated heterocycles. The van der Waals surface area contributed by atoms with E-state index >= 15 is 0 Å². The molecule has 0 radical (unpaired) electrons. The summed E-state index contributed by atoms with van der Waals surface area (Å²) in [6, 6.07) is 2.06. The Hall–Kier alpha value is -0.700. The van der Waals surface area contributed by atoms with Crippen LogP contribution in [0.15, 0.2) is 12.3 Å². The number of nitrogens with zero attached hydrogens (tertiary/aromatic N) is 1. The minimum absolute atomic E-state index is 0.110. The second-order valence-electron chi connectivity index (χ2n) is 7.69. The van der Waals surface area contributed by atoms with E-state index in [1.807, 2.05) is 11.8 Å². The van der Waals surface area contributed by atoms with E-state index in [2.05, 4.69) is 36.9 Å². The van der Waals surface area contributed by atoms with Gasteiger partial charge in [-0.25, -0.2) is 0 Å². The fraction of sp³-hybridized carbons (Fsp3) is 0.722. The first-order valence-corrected chi connectivity index (χ1v) is 9.44. The summed E-state index contributed by atoms with van der Waals surface area (Å²) in [7, 11) is 0. The van der Waals surface area contributed by atoms with Gasteiger partial charge in [0.05, 0.1) is 0 Å². The summed E-state index contributed by atoms with van der Waals surface area (Å²) < 4.78 is 2.78. The van der Waals surface area contributed by atoms with Gasteiger partial charge in [0, 0.05) is 35.2 Å². The molecule has 1 aromatic heterocycles. The summed E-state index contributed by atoms with van der Waals surface area (Å²) in [5.74, 6) is 0.335. The molecule has 0 aliphatic heterocycles. The van der Waals surface area contributed by atoms with Gasteiger partial charge in [0.25, 0.3) is 0 Å². The number of hydrogen-bond acceptors (Lipinski definition) is 2. The molecule has 0 bridgehead atoms. The van der Waals surface area contributed by atoms with E-state index in [-0.39, 0.29) is 5.41 Å². The van der Waals surface area contributed by atoms with Gasteiger partial charge in [0.2, 0.25) is 0 Å². The summed E-state index contributed by atoms with van der Waals surface area (Å²) in [6.45, 7) is 5.51. The SMILES string of the molecule is CSC1(Cn2ccc3c2CC(C)(C)CC3=O)CCCCC1. The minimum atomic E-state index is 0.110. The van der Waals surface area contributed by atoms with Crippen LogP contribution in [0.1, 0.15) is 68.4 Å². The van der Waals surface area contributed by atoms with Crippen molar-refractivity contribution in [2.75, 3.05) is 6.26 Å². The van der Waals surface area contributed by atoms with Gasteiger partial charge in [-0.15, -0.1) is 0 Å². The van der Waals surface area contributed by atoms with E-state index in [1.54, 1.807) is 0 Å². The quantitative estimate of drug-likeness (QED) is 0.807. The van der Waals surface area contributed by atoms with E-state index in [0.717, 1.165) is 18.5 Å². The van der Waals surface area contributed by atoms with Gasteiger partial charge in [-0.1, -0.05) is 33.1 Å². The van der Waals surface area contributed by atoms with Gasteiger partial charge in [0.1, 0.15) is 0 Å². The number of hydrogen-bond donors (Lipinski definition) is 0. The lowest BCUT2D eigenvalue weighted by molar-refractivity contribution is 0.0909. The van der Waals surface area contributed by atoms with Crippen LogP contribution in [0.3, 0.4) is 0 Å². The molecule has 2 aliphatic rings. The van der Waals surface area contributed by atoms with E-state index in [1.165, 1.54) is 37.8 Å². The fourth-order valence-corrected chi connectivity index (χ4v) is 5.05. The molecule has 2 nitrogen and oxygen atoms in total. The van der Waals surface area contributed by atoms with Gasteiger partial charge in [-0.05, 0) is 37.0 Å². The normalized spacial score (nSPS) is 23.9. The van der Waals surface area contributed by atoms with Crippen LogP contribution < -0.4 is 0 Å². The van der Waals surface area contributed by atoms with Gasteiger partial charge < -0.3 is 4.57 Å². The Bertz CT molecular complexity index is 537. The third-order valence-corrected chi connectivity index (χ3v) is 6.72. The largest absolute Gasteiger partial charge is 0.349 e. The van der Waals surface area contributed by atoms with Gasteiger partial charge in [-0.2, -0.15) is 11.8 Å². The number of carbonyl (C=O) groups is 1. The second kappa shape index (κ2) is 5.49. The molecule has 1 heterocycles. The first kappa shape index (κ1) is 15.2. The maximum Gasteiger partial charge on any atom is 0.165 e. The predicted molar refractivity (Wildman–Crippen MR) is 90.2 cm³/mol. The lowest BCUT2D eigenvalue weighted by Gasteiger charge is -2.38. The number of aromatic nitrogens is 1. The summed E-state index contributed by atoms with van der Waals surface area (Å²) in [6.07, 6.45) is 12.9. The lowest BCUT2D eigenvalue weighted by Crippen LogP contribution is -2.35. The van der Waals surface area contributed by atoms with E-state index in [9.17, 15) is 4.79 Å². The third-order valence-electron chi connectivity index (χ3n) is 5.32. The maximum atomic E-state index is 12.3. The molecule has 1 fully saturated rings. The molecule has 0 N–H and O–H groups in total. The number of fused-ring (bicyclic) bond motifs is 1. The van der Waals surface area contributed by atoms with Crippen molar-refractivity contribution in [3.63, 3.8) is 0 Å². The van der Waals surface area contributed by atoms with Crippen molar-refractivity contribution in [1.29, 1.82) is 0 Å². The van der Waals surface area contributed by atoms with Crippen molar-refractivity contribution in [1.82, 2.24) is 4.57 Å². The van der Waals surface area contributed by atoms with Crippen LogP contribution in [0.4, 0.5) is 0 Å². The number of rotatable bonds is 3. The standard InChI is InChI=1S/C18H27NOS/c1-17(2)11-15-14(16(20)12-17)7-10-19(15)13-18(21-3)8-5-4-6-9-18/h7,10H,4-6,8-9,11-13H2,1-3H3. The number of carbonyl (C=O) groups excluding carboxylic acids is 1. The van der Waals surface area contributed by atoms with Crippen molar-refractivity contribution in [3.05, 3.63) is 23.5 Å².